The Morgan fingerprint density at radius 3 is 2.41 bits per heavy atom. The third kappa shape index (κ3) is 2.23. The van der Waals surface area contributed by atoms with E-state index >= 15 is 0 Å². The summed E-state index contributed by atoms with van der Waals surface area (Å²) in [5.41, 5.74) is 8.72. The Bertz CT molecular complexity index is 424. The molecule has 1 saturated carbocycles. The zero-order valence-corrected chi connectivity index (χ0v) is 12.3. The first-order valence-corrected chi connectivity index (χ1v) is 6.94. The highest BCUT2D eigenvalue weighted by molar-refractivity contribution is 9.10. The molecule has 0 aromatic heterocycles. The van der Waals surface area contributed by atoms with Crippen molar-refractivity contribution in [2.75, 3.05) is 7.11 Å². The first kappa shape index (κ1) is 12.9. The molecular formula is C14H20BrNO. The highest BCUT2D eigenvalue weighted by Crippen LogP contribution is 2.46. The van der Waals surface area contributed by atoms with Gasteiger partial charge in [0.1, 0.15) is 5.75 Å². The molecule has 0 spiro atoms. The van der Waals surface area contributed by atoms with Crippen molar-refractivity contribution in [1.82, 2.24) is 0 Å². The molecule has 0 saturated heterocycles. The Morgan fingerprint density at radius 2 is 2.00 bits per heavy atom. The molecule has 0 amide bonds. The lowest BCUT2D eigenvalue weighted by Gasteiger charge is -2.40. The summed E-state index contributed by atoms with van der Waals surface area (Å²) in [4.78, 5) is 0. The van der Waals surface area contributed by atoms with Crippen molar-refractivity contribution < 1.29 is 4.74 Å². The van der Waals surface area contributed by atoms with Crippen LogP contribution in [-0.2, 0) is 5.54 Å². The number of halogens is 1. The van der Waals surface area contributed by atoms with Crippen LogP contribution in [0, 0.1) is 0 Å². The van der Waals surface area contributed by atoms with E-state index in [1.54, 1.807) is 7.11 Å². The monoisotopic (exact) mass is 297 g/mol. The van der Waals surface area contributed by atoms with E-state index in [0.29, 0.717) is 5.92 Å². The van der Waals surface area contributed by atoms with Crippen LogP contribution >= 0.6 is 15.9 Å². The molecule has 17 heavy (non-hydrogen) atoms. The molecule has 2 N–H and O–H groups in total. The second-order valence-corrected chi connectivity index (χ2v) is 6.10. The highest BCUT2D eigenvalue weighted by Gasteiger charge is 2.37. The fraction of sp³-hybridized carbons (Fsp3) is 0.571. The molecule has 1 aliphatic rings. The van der Waals surface area contributed by atoms with E-state index in [-0.39, 0.29) is 5.54 Å². The molecule has 94 valence electrons. The second kappa shape index (κ2) is 4.62. The van der Waals surface area contributed by atoms with E-state index < -0.39 is 0 Å². The number of hydrogen-bond acceptors (Lipinski definition) is 2. The Balaban J connectivity index is 2.54. The summed E-state index contributed by atoms with van der Waals surface area (Å²) in [6.45, 7) is 4.39. The number of rotatable bonds is 3. The molecule has 1 aromatic rings. The average molecular weight is 298 g/mol. The van der Waals surface area contributed by atoms with Crippen LogP contribution in [0.25, 0.3) is 0 Å². The molecule has 1 aliphatic carbocycles. The quantitative estimate of drug-likeness (QED) is 0.918. The van der Waals surface area contributed by atoms with E-state index in [1.807, 2.05) is 0 Å². The summed E-state index contributed by atoms with van der Waals surface area (Å²) in [5, 5.41) is 0. The first-order chi connectivity index (χ1) is 7.98. The summed E-state index contributed by atoms with van der Waals surface area (Å²) in [6, 6.07) is 4.35. The van der Waals surface area contributed by atoms with Gasteiger partial charge >= 0.3 is 0 Å². The van der Waals surface area contributed by atoms with Crippen molar-refractivity contribution in [3.63, 3.8) is 0 Å². The molecule has 0 bridgehead atoms. The largest absolute Gasteiger partial charge is 0.495 e. The maximum absolute atomic E-state index is 6.44. The van der Waals surface area contributed by atoms with Gasteiger partial charge in [0, 0.05) is 11.1 Å². The van der Waals surface area contributed by atoms with E-state index in [1.165, 1.54) is 12.0 Å². The second-order valence-electron chi connectivity index (χ2n) is 5.25. The SMILES string of the molecule is COc1c(Br)cc(C(C)C)cc1C1(N)CCC1. The molecule has 0 atom stereocenters. The van der Waals surface area contributed by atoms with E-state index in [2.05, 4.69) is 41.9 Å². The van der Waals surface area contributed by atoms with Crippen molar-refractivity contribution in [3.05, 3.63) is 27.7 Å². The van der Waals surface area contributed by atoms with E-state index in [9.17, 15) is 0 Å². The van der Waals surface area contributed by atoms with Crippen LogP contribution in [0.4, 0.5) is 0 Å². The lowest BCUT2D eigenvalue weighted by atomic mass is 9.72. The van der Waals surface area contributed by atoms with Gasteiger partial charge in [-0.1, -0.05) is 13.8 Å². The zero-order valence-electron chi connectivity index (χ0n) is 10.7. The molecule has 1 fully saturated rings. The minimum absolute atomic E-state index is 0.182. The van der Waals surface area contributed by atoms with Crippen molar-refractivity contribution in [1.29, 1.82) is 0 Å². The molecule has 0 radical (unpaired) electrons. The van der Waals surface area contributed by atoms with Gasteiger partial charge in [-0.25, -0.2) is 0 Å². The topological polar surface area (TPSA) is 35.2 Å². The Labute approximate surface area is 112 Å². The van der Waals surface area contributed by atoms with Crippen LogP contribution in [0.2, 0.25) is 0 Å². The van der Waals surface area contributed by atoms with Gasteiger partial charge in [-0.05, 0) is 58.8 Å². The van der Waals surface area contributed by atoms with Gasteiger partial charge in [0.2, 0.25) is 0 Å². The van der Waals surface area contributed by atoms with Gasteiger partial charge in [-0.3, -0.25) is 0 Å². The maximum Gasteiger partial charge on any atom is 0.138 e. The lowest BCUT2D eigenvalue weighted by Crippen LogP contribution is -2.43. The maximum atomic E-state index is 6.44. The minimum Gasteiger partial charge on any atom is -0.495 e. The fourth-order valence-electron chi connectivity index (χ4n) is 2.35. The lowest BCUT2D eigenvalue weighted by molar-refractivity contribution is 0.243. The zero-order chi connectivity index (χ0) is 12.6. The molecule has 3 heteroatoms. The smallest absolute Gasteiger partial charge is 0.138 e. The van der Waals surface area contributed by atoms with Crippen molar-refractivity contribution >= 4 is 15.9 Å². The number of hydrogen-bond donors (Lipinski definition) is 1. The Morgan fingerprint density at radius 1 is 1.35 bits per heavy atom. The molecule has 2 rings (SSSR count). The molecule has 0 unspecified atom stereocenters. The summed E-state index contributed by atoms with van der Waals surface area (Å²) >= 11 is 3.59. The minimum atomic E-state index is -0.182. The number of benzene rings is 1. The van der Waals surface area contributed by atoms with Crippen molar-refractivity contribution in [2.24, 2.45) is 5.73 Å². The Kier molecular flexibility index (Phi) is 3.50. The fourth-order valence-corrected chi connectivity index (χ4v) is 2.99. The van der Waals surface area contributed by atoms with Crippen LogP contribution in [0.1, 0.15) is 50.2 Å². The molecule has 1 aromatic carbocycles. The summed E-state index contributed by atoms with van der Waals surface area (Å²) in [5.74, 6) is 1.40. The van der Waals surface area contributed by atoms with Crippen LogP contribution in [-0.4, -0.2) is 7.11 Å². The third-order valence-corrected chi connectivity index (χ3v) is 4.31. The van der Waals surface area contributed by atoms with E-state index in [0.717, 1.165) is 28.6 Å². The number of nitrogens with two attached hydrogens (primary N) is 1. The van der Waals surface area contributed by atoms with Crippen LogP contribution < -0.4 is 10.5 Å². The first-order valence-electron chi connectivity index (χ1n) is 6.15. The van der Waals surface area contributed by atoms with Gasteiger partial charge in [-0.15, -0.1) is 0 Å². The average Bonchev–Trinajstić information content (AvgIpc) is 2.24. The van der Waals surface area contributed by atoms with Crippen molar-refractivity contribution in [2.45, 2.75) is 44.6 Å². The summed E-state index contributed by atoms with van der Waals surface area (Å²) in [7, 11) is 1.71. The van der Waals surface area contributed by atoms with Gasteiger partial charge in [0.15, 0.2) is 0 Å². The van der Waals surface area contributed by atoms with Crippen LogP contribution in [0.5, 0.6) is 5.75 Å². The van der Waals surface area contributed by atoms with Crippen LogP contribution in [0.3, 0.4) is 0 Å². The molecular weight excluding hydrogens is 278 g/mol. The van der Waals surface area contributed by atoms with Gasteiger partial charge in [0.25, 0.3) is 0 Å². The summed E-state index contributed by atoms with van der Waals surface area (Å²) in [6.07, 6.45) is 3.32. The summed E-state index contributed by atoms with van der Waals surface area (Å²) < 4.78 is 6.52. The van der Waals surface area contributed by atoms with Gasteiger partial charge in [-0.2, -0.15) is 0 Å². The van der Waals surface area contributed by atoms with Gasteiger partial charge < -0.3 is 10.5 Å². The molecule has 0 heterocycles. The predicted molar refractivity (Wildman–Crippen MR) is 74.5 cm³/mol. The van der Waals surface area contributed by atoms with Crippen LogP contribution in [0.15, 0.2) is 16.6 Å². The molecule has 2 nitrogen and oxygen atoms in total. The Hall–Kier alpha value is -0.540. The predicted octanol–water partition coefficient (Wildman–Crippen LogP) is 3.92. The third-order valence-electron chi connectivity index (χ3n) is 3.72. The normalized spacial score (nSPS) is 18.0. The number of methoxy groups -OCH3 is 1. The van der Waals surface area contributed by atoms with E-state index in [4.69, 9.17) is 10.5 Å². The van der Waals surface area contributed by atoms with Crippen molar-refractivity contribution in [3.8, 4) is 5.75 Å². The number of ether oxygens (including phenoxy) is 1. The standard InChI is InChI=1S/C14H20BrNO/c1-9(2)10-7-11(14(16)5-4-6-14)13(17-3)12(15)8-10/h7-9H,4-6,16H2,1-3H3. The highest BCUT2D eigenvalue weighted by atomic mass is 79.9. The molecule has 0 aliphatic heterocycles. The van der Waals surface area contributed by atoms with Gasteiger partial charge in [0.05, 0.1) is 11.6 Å².